The predicted octanol–water partition coefficient (Wildman–Crippen LogP) is 2.48. The highest BCUT2D eigenvalue weighted by molar-refractivity contribution is 5.71. The van der Waals surface area contributed by atoms with E-state index < -0.39 is 18.7 Å². The van der Waals surface area contributed by atoms with Gasteiger partial charge in [-0.2, -0.15) is 13.2 Å². The standard InChI is InChI=1S/C12H14F3N3O/c1-7(2)18-10(6-9(19)12(13,14)15)17-8-4-3-5-16-11(8)18/h3-5,7,9,19H,6H2,1-2H3. The van der Waals surface area contributed by atoms with Crippen LogP contribution in [0, 0.1) is 0 Å². The van der Waals surface area contributed by atoms with Crippen LogP contribution < -0.4 is 0 Å². The highest BCUT2D eigenvalue weighted by Crippen LogP contribution is 2.25. The molecule has 0 spiro atoms. The van der Waals surface area contributed by atoms with Crippen LogP contribution in [0.4, 0.5) is 13.2 Å². The number of hydrogen-bond acceptors (Lipinski definition) is 3. The first-order valence-electron chi connectivity index (χ1n) is 5.87. The van der Waals surface area contributed by atoms with E-state index in [-0.39, 0.29) is 11.9 Å². The van der Waals surface area contributed by atoms with Crippen molar-refractivity contribution in [1.29, 1.82) is 0 Å². The molecule has 1 unspecified atom stereocenters. The molecular weight excluding hydrogens is 259 g/mol. The summed E-state index contributed by atoms with van der Waals surface area (Å²) >= 11 is 0. The molecule has 104 valence electrons. The van der Waals surface area contributed by atoms with Gasteiger partial charge >= 0.3 is 6.18 Å². The van der Waals surface area contributed by atoms with Crippen molar-refractivity contribution >= 4 is 11.2 Å². The zero-order chi connectivity index (χ0) is 14.2. The summed E-state index contributed by atoms with van der Waals surface area (Å²) in [6.45, 7) is 3.67. The molecular formula is C12H14F3N3O. The summed E-state index contributed by atoms with van der Waals surface area (Å²) in [7, 11) is 0. The van der Waals surface area contributed by atoms with Crippen LogP contribution in [0.2, 0.25) is 0 Å². The molecule has 0 aliphatic heterocycles. The van der Waals surface area contributed by atoms with E-state index in [0.29, 0.717) is 11.2 Å². The van der Waals surface area contributed by atoms with Gasteiger partial charge in [-0.1, -0.05) is 0 Å². The Morgan fingerprint density at radius 1 is 1.37 bits per heavy atom. The average molecular weight is 273 g/mol. The van der Waals surface area contributed by atoms with Crippen molar-refractivity contribution in [3.63, 3.8) is 0 Å². The number of aliphatic hydroxyl groups is 1. The minimum absolute atomic E-state index is 0.0877. The quantitative estimate of drug-likeness (QED) is 0.934. The molecule has 0 aliphatic rings. The van der Waals surface area contributed by atoms with Crippen LogP contribution in [0.5, 0.6) is 0 Å². The minimum atomic E-state index is -4.65. The van der Waals surface area contributed by atoms with Gasteiger partial charge in [-0.25, -0.2) is 9.97 Å². The third-order valence-corrected chi connectivity index (χ3v) is 2.79. The van der Waals surface area contributed by atoms with E-state index in [4.69, 9.17) is 0 Å². The summed E-state index contributed by atoms with van der Waals surface area (Å²) in [5.74, 6) is 0.188. The Morgan fingerprint density at radius 3 is 2.63 bits per heavy atom. The molecule has 0 radical (unpaired) electrons. The zero-order valence-electron chi connectivity index (χ0n) is 10.5. The van der Waals surface area contributed by atoms with Gasteiger partial charge in [0, 0.05) is 18.7 Å². The largest absolute Gasteiger partial charge is 0.414 e. The van der Waals surface area contributed by atoms with E-state index in [1.165, 1.54) is 0 Å². The molecule has 1 N–H and O–H groups in total. The Labute approximate surface area is 107 Å². The third-order valence-electron chi connectivity index (χ3n) is 2.79. The van der Waals surface area contributed by atoms with Gasteiger partial charge in [-0.05, 0) is 26.0 Å². The van der Waals surface area contributed by atoms with Crippen LogP contribution in [0.3, 0.4) is 0 Å². The van der Waals surface area contributed by atoms with Crippen molar-refractivity contribution in [3.05, 3.63) is 24.2 Å². The number of nitrogens with zero attached hydrogens (tertiary/aromatic N) is 3. The van der Waals surface area contributed by atoms with Crippen molar-refractivity contribution in [1.82, 2.24) is 14.5 Å². The average Bonchev–Trinajstić information content (AvgIpc) is 2.65. The second-order valence-corrected chi connectivity index (χ2v) is 4.60. The van der Waals surface area contributed by atoms with Gasteiger partial charge in [0.2, 0.25) is 0 Å². The summed E-state index contributed by atoms with van der Waals surface area (Å²) in [4.78, 5) is 8.26. The number of aliphatic hydroxyl groups excluding tert-OH is 1. The van der Waals surface area contributed by atoms with E-state index in [1.807, 2.05) is 13.8 Å². The van der Waals surface area contributed by atoms with Crippen LogP contribution in [-0.2, 0) is 6.42 Å². The van der Waals surface area contributed by atoms with Gasteiger partial charge in [-0.15, -0.1) is 0 Å². The molecule has 19 heavy (non-hydrogen) atoms. The maximum Gasteiger partial charge on any atom is 0.414 e. The number of pyridine rings is 1. The first-order chi connectivity index (χ1) is 8.80. The maximum atomic E-state index is 12.4. The molecule has 0 fully saturated rings. The van der Waals surface area contributed by atoms with Gasteiger partial charge in [-0.3, -0.25) is 0 Å². The maximum absolute atomic E-state index is 12.4. The zero-order valence-corrected chi connectivity index (χ0v) is 10.5. The second kappa shape index (κ2) is 4.80. The molecule has 0 bridgehead atoms. The topological polar surface area (TPSA) is 50.9 Å². The van der Waals surface area contributed by atoms with Crippen LogP contribution >= 0.6 is 0 Å². The number of imidazole rings is 1. The van der Waals surface area contributed by atoms with Crippen molar-refractivity contribution in [2.45, 2.75) is 38.6 Å². The molecule has 0 amide bonds. The SMILES string of the molecule is CC(C)n1c(CC(O)C(F)(F)F)nc2cccnc21. The Bertz CT molecular complexity index is 577. The lowest BCUT2D eigenvalue weighted by Crippen LogP contribution is -2.31. The van der Waals surface area contributed by atoms with Crippen LogP contribution in [0.15, 0.2) is 18.3 Å². The number of halogens is 3. The van der Waals surface area contributed by atoms with E-state index in [1.54, 1.807) is 22.9 Å². The van der Waals surface area contributed by atoms with Crippen molar-refractivity contribution in [2.24, 2.45) is 0 Å². The van der Waals surface area contributed by atoms with Crippen molar-refractivity contribution < 1.29 is 18.3 Å². The van der Waals surface area contributed by atoms with Gasteiger partial charge in [0.05, 0.1) is 0 Å². The smallest absolute Gasteiger partial charge is 0.383 e. The molecule has 0 aliphatic carbocycles. The Hall–Kier alpha value is -1.63. The molecule has 4 nitrogen and oxygen atoms in total. The van der Waals surface area contributed by atoms with E-state index in [9.17, 15) is 18.3 Å². The highest BCUT2D eigenvalue weighted by Gasteiger charge is 2.39. The van der Waals surface area contributed by atoms with Crippen LogP contribution in [-0.4, -0.2) is 31.9 Å². The van der Waals surface area contributed by atoms with Crippen molar-refractivity contribution in [3.8, 4) is 0 Å². The molecule has 7 heteroatoms. The fourth-order valence-electron chi connectivity index (χ4n) is 1.95. The van der Waals surface area contributed by atoms with Gasteiger partial charge in [0.25, 0.3) is 0 Å². The predicted molar refractivity (Wildman–Crippen MR) is 63.7 cm³/mol. The Balaban J connectivity index is 2.45. The summed E-state index contributed by atoms with van der Waals surface area (Å²) in [6.07, 6.45) is -6.07. The number of aromatic nitrogens is 3. The Morgan fingerprint density at radius 2 is 2.05 bits per heavy atom. The van der Waals surface area contributed by atoms with E-state index >= 15 is 0 Å². The molecule has 2 rings (SSSR count). The first kappa shape index (κ1) is 13.8. The molecule has 2 heterocycles. The number of hydrogen-bond donors (Lipinski definition) is 1. The van der Waals surface area contributed by atoms with Gasteiger partial charge in [0.1, 0.15) is 11.3 Å². The second-order valence-electron chi connectivity index (χ2n) is 4.60. The summed E-state index contributed by atoms with van der Waals surface area (Å²) in [5.41, 5.74) is 1.06. The number of fused-ring (bicyclic) bond motifs is 1. The normalized spacial score (nSPS) is 14.3. The molecule has 2 aromatic heterocycles. The molecule has 0 saturated heterocycles. The highest BCUT2D eigenvalue weighted by atomic mass is 19.4. The lowest BCUT2D eigenvalue weighted by molar-refractivity contribution is -0.203. The van der Waals surface area contributed by atoms with Gasteiger partial charge in [0.15, 0.2) is 11.8 Å². The number of rotatable bonds is 3. The fourth-order valence-corrected chi connectivity index (χ4v) is 1.95. The van der Waals surface area contributed by atoms with Crippen molar-refractivity contribution in [2.75, 3.05) is 0 Å². The minimum Gasteiger partial charge on any atom is -0.383 e. The fraction of sp³-hybridized carbons (Fsp3) is 0.500. The third kappa shape index (κ3) is 2.70. The monoisotopic (exact) mass is 273 g/mol. The summed E-state index contributed by atoms with van der Waals surface area (Å²) < 4.78 is 38.9. The van der Waals surface area contributed by atoms with E-state index in [2.05, 4.69) is 9.97 Å². The summed E-state index contributed by atoms with van der Waals surface area (Å²) in [6, 6.07) is 3.27. The lowest BCUT2D eigenvalue weighted by Gasteiger charge is -2.17. The van der Waals surface area contributed by atoms with Gasteiger partial charge < -0.3 is 9.67 Å². The van der Waals surface area contributed by atoms with Crippen LogP contribution in [0.1, 0.15) is 25.7 Å². The molecule has 2 aromatic rings. The first-order valence-corrected chi connectivity index (χ1v) is 5.87. The molecule has 1 atom stereocenters. The summed E-state index contributed by atoms with van der Waals surface area (Å²) in [5, 5.41) is 9.17. The Kier molecular flexibility index (Phi) is 3.49. The molecule has 0 saturated carbocycles. The number of alkyl halides is 3. The van der Waals surface area contributed by atoms with E-state index in [0.717, 1.165) is 0 Å². The molecule has 0 aromatic carbocycles. The van der Waals surface area contributed by atoms with Crippen LogP contribution in [0.25, 0.3) is 11.2 Å². The lowest BCUT2D eigenvalue weighted by atomic mass is 10.2.